The number of rotatable bonds is 6. The number of benzene rings is 3. The second kappa shape index (κ2) is 9.36. The van der Waals surface area contributed by atoms with E-state index in [2.05, 4.69) is 5.32 Å². The molecule has 2 unspecified atom stereocenters. The Morgan fingerprint density at radius 3 is 2.18 bits per heavy atom. The molecule has 0 aliphatic heterocycles. The number of nitrogens with one attached hydrogen (secondary N) is 1. The van der Waals surface area contributed by atoms with E-state index in [1.54, 1.807) is 0 Å². The van der Waals surface area contributed by atoms with E-state index in [9.17, 15) is 28.2 Å². The summed E-state index contributed by atoms with van der Waals surface area (Å²) in [7, 11) is 0. The van der Waals surface area contributed by atoms with Crippen LogP contribution >= 0.6 is 0 Å². The van der Waals surface area contributed by atoms with Gasteiger partial charge in [0.05, 0.1) is 5.56 Å². The SMILES string of the molecule is Nc1cc(C(O)C(O)CNC(=O)OCC2c3ccccc3-c3ccccc32)cc(C(F)(F)F)c1. The molecular formula is C25H23F3N2O4. The quantitative estimate of drug-likeness (QED) is 0.402. The Labute approximate surface area is 193 Å². The summed E-state index contributed by atoms with van der Waals surface area (Å²) in [5, 5.41) is 22.8. The Hall–Kier alpha value is -3.56. The lowest BCUT2D eigenvalue weighted by molar-refractivity contribution is -0.137. The number of ether oxygens (including phenoxy) is 1. The lowest BCUT2D eigenvalue weighted by Crippen LogP contribution is -2.36. The molecule has 0 bridgehead atoms. The number of aliphatic hydroxyl groups is 2. The molecule has 3 aromatic carbocycles. The van der Waals surface area contributed by atoms with Crippen molar-refractivity contribution < 1.29 is 32.9 Å². The van der Waals surface area contributed by atoms with Crippen molar-refractivity contribution in [1.82, 2.24) is 5.32 Å². The van der Waals surface area contributed by atoms with Crippen molar-refractivity contribution in [3.8, 4) is 11.1 Å². The minimum atomic E-state index is -4.66. The van der Waals surface area contributed by atoms with E-state index in [4.69, 9.17) is 10.5 Å². The largest absolute Gasteiger partial charge is 0.449 e. The Bertz CT molecular complexity index is 1150. The topological polar surface area (TPSA) is 105 Å². The summed E-state index contributed by atoms with van der Waals surface area (Å²) < 4.78 is 44.3. The smallest absolute Gasteiger partial charge is 0.416 e. The number of halogens is 3. The van der Waals surface area contributed by atoms with Crippen LogP contribution in [0.1, 0.15) is 34.3 Å². The summed E-state index contributed by atoms with van der Waals surface area (Å²) in [4.78, 5) is 12.2. The van der Waals surface area contributed by atoms with E-state index < -0.39 is 36.6 Å². The molecule has 0 fully saturated rings. The highest BCUT2D eigenvalue weighted by Gasteiger charge is 2.33. The standard InChI is InChI=1S/C25H23F3N2O4/c26-25(27,28)15-9-14(10-16(29)11-15)23(32)22(31)12-30-24(33)34-13-21-19-7-3-1-5-17(19)18-6-2-4-8-20(18)21/h1-11,21-23,31-32H,12-13,29H2,(H,30,33). The Balaban J connectivity index is 1.36. The molecule has 1 amide bonds. The molecule has 6 nitrogen and oxygen atoms in total. The van der Waals surface area contributed by atoms with Crippen molar-refractivity contribution in [2.45, 2.75) is 24.3 Å². The third-order valence-corrected chi connectivity index (χ3v) is 5.81. The minimum Gasteiger partial charge on any atom is -0.449 e. The summed E-state index contributed by atoms with van der Waals surface area (Å²) >= 11 is 0. The molecule has 1 aliphatic carbocycles. The highest BCUT2D eigenvalue weighted by atomic mass is 19.4. The molecule has 0 aromatic heterocycles. The summed E-state index contributed by atoms with van der Waals surface area (Å²) in [5.41, 5.74) is 8.26. The third kappa shape index (κ3) is 4.85. The van der Waals surface area contributed by atoms with Crippen LogP contribution in [0.25, 0.3) is 11.1 Å². The van der Waals surface area contributed by atoms with Gasteiger partial charge in [0.1, 0.15) is 18.8 Å². The summed E-state index contributed by atoms with van der Waals surface area (Å²) in [6.07, 6.45) is -8.76. The average Bonchev–Trinajstić information content (AvgIpc) is 3.13. The number of carbonyl (C=O) groups excluding carboxylic acids is 1. The zero-order valence-corrected chi connectivity index (χ0v) is 17.9. The van der Waals surface area contributed by atoms with Crippen LogP contribution in [0.5, 0.6) is 0 Å². The first-order chi connectivity index (χ1) is 16.1. The van der Waals surface area contributed by atoms with Crippen LogP contribution in [0, 0.1) is 0 Å². The van der Waals surface area contributed by atoms with Crippen molar-refractivity contribution in [2.24, 2.45) is 0 Å². The average molecular weight is 472 g/mol. The van der Waals surface area contributed by atoms with Gasteiger partial charge in [-0.2, -0.15) is 13.2 Å². The number of aliphatic hydroxyl groups excluding tert-OH is 2. The van der Waals surface area contributed by atoms with Gasteiger partial charge in [0, 0.05) is 18.2 Å². The van der Waals surface area contributed by atoms with Gasteiger partial charge < -0.3 is 26.0 Å². The van der Waals surface area contributed by atoms with Crippen LogP contribution < -0.4 is 11.1 Å². The Kier molecular flexibility index (Phi) is 6.49. The first-order valence-corrected chi connectivity index (χ1v) is 10.6. The van der Waals surface area contributed by atoms with E-state index in [0.29, 0.717) is 6.07 Å². The third-order valence-electron chi connectivity index (χ3n) is 5.81. The van der Waals surface area contributed by atoms with E-state index in [-0.39, 0.29) is 23.8 Å². The maximum Gasteiger partial charge on any atom is 0.416 e. The summed E-state index contributed by atoms with van der Waals surface area (Å²) in [6, 6.07) is 18.2. The molecule has 0 saturated heterocycles. The summed E-state index contributed by atoms with van der Waals surface area (Å²) in [6.45, 7) is -0.378. The van der Waals surface area contributed by atoms with Crippen molar-refractivity contribution in [2.75, 3.05) is 18.9 Å². The maximum atomic E-state index is 13.0. The van der Waals surface area contributed by atoms with Gasteiger partial charge in [0.25, 0.3) is 0 Å². The summed E-state index contributed by atoms with van der Waals surface area (Å²) in [5.74, 6) is -0.151. The number of hydrogen-bond donors (Lipinski definition) is 4. The van der Waals surface area contributed by atoms with Gasteiger partial charge in [-0.15, -0.1) is 0 Å². The van der Waals surface area contributed by atoms with Gasteiger partial charge in [-0.3, -0.25) is 0 Å². The number of fused-ring (bicyclic) bond motifs is 3. The van der Waals surface area contributed by atoms with Gasteiger partial charge in [-0.05, 0) is 46.0 Å². The molecule has 0 heterocycles. The van der Waals surface area contributed by atoms with Crippen LogP contribution in [-0.4, -0.2) is 35.6 Å². The molecule has 9 heteroatoms. The van der Waals surface area contributed by atoms with Gasteiger partial charge in [-0.25, -0.2) is 4.79 Å². The zero-order chi connectivity index (χ0) is 24.5. The van der Waals surface area contributed by atoms with Crippen LogP contribution in [0.3, 0.4) is 0 Å². The van der Waals surface area contributed by atoms with Gasteiger partial charge in [0.2, 0.25) is 0 Å². The fourth-order valence-electron chi connectivity index (χ4n) is 4.18. The zero-order valence-electron chi connectivity index (χ0n) is 17.9. The maximum absolute atomic E-state index is 13.0. The second-order valence-corrected chi connectivity index (χ2v) is 8.10. The molecule has 2 atom stereocenters. The normalized spacial score (nSPS) is 14.7. The fourth-order valence-corrected chi connectivity index (χ4v) is 4.18. The van der Waals surface area contributed by atoms with Crippen LogP contribution in [-0.2, 0) is 10.9 Å². The predicted octanol–water partition coefficient (Wildman–Crippen LogP) is 4.22. The molecule has 1 aliphatic rings. The van der Waals surface area contributed by atoms with E-state index in [1.165, 1.54) is 0 Å². The molecule has 0 radical (unpaired) electrons. The molecule has 4 rings (SSSR count). The predicted molar refractivity (Wildman–Crippen MR) is 120 cm³/mol. The molecule has 5 N–H and O–H groups in total. The van der Waals surface area contributed by atoms with E-state index >= 15 is 0 Å². The first kappa shape index (κ1) is 23.6. The number of nitrogen functional groups attached to an aromatic ring is 1. The second-order valence-electron chi connectivity index (χ2n) is 8.10. The Morgan fingerprint density at radius 2 is 1.59 bits per heavy atom. The number of hydrogen-bond acceptors (Lipinski definition) is 5. The van der Waals surface area contributed by atoms with Crippen molar-refractivity contribution >= 4 is 11.8 Å². The molecule has 3 aromatic rings. The number of nitrogens with two attached hydrogens (primary N) is 1. The van der Waals surface area contributed by atoms with Gasteiger partial charge in [-0.1, -0.05) is 48.5 Å². The number of alkyl carbamates (subject to hydrolysis) is 1. The molecule has 34 heavy (non-hydrogen) atoms. The number of carbonyl (C=O) groups is 1. The lowest BCUT2D eigenvalue weighted by Gasteiger charge is -2.20. The number of anilines is 1. The van der Waals surface area contributed by atoms with E-state index in [0.717, 1.165) is 34.4 Å². The van der Waals surface area contributed by atoms with E-state index in [1.807, 2.05) is 48.5 Å². The van der Waals surface area contributed by atoms with Crippen LogP contribution in [0.4, 0.5) is 23.7 Å². The highest BCUT2D eigenvalue weighted by Crippen LogP contribution is 2.44. The monoisotopic (exact) mass is 472 g/mol. The van der Waals surface area contributed by atoms with Crippen molar-refractivity contribution in [3.05, 3.63) is 89.0 Å². The molecule has 0 spiro atoms. The number of alkyl halides is 3. The fraction of sp³-hybridized carbons (Fsp3) is 0.240. The van der Waals surface area contributed by atoms with Gasteiger partial charge >= 0.3 is 12.3 Å². The lowest BCUT2D eigenvalue weighted by atomic mass is 9.98. The minimum absolute atomic E-state index is 0.0582. The number of amides is 1. The molecule has 0 saturated carbocycles. The van der Waals surface area contributed by atoms with Gasteiger partial charge in [0.15, 0.2) is 0 Å². The molecular weight excluding hydrogens is 449 g/mol. The molecule has 178 valence electrons. The first-order valence-electron chi connectivity index (χ1n) is 10.6. The Morgan fingerprint density at radius 1 is 1.00 bits per heavy atom. The van der Waals surface area contributed by atoms with Crippen molar-refractivity contribution in [1.29, 1.82) is 0 Å². The van der Waals surface area contributed by atoms with Crippen molar-refractivity contribution in [3.63, 3.8) is 0 Å². The van der Waals surface area contributed by atoms with Crippen LogP contribution in [0.2, 0.25) is 0 Å². The van der Waals surface area contributed by atoms with Crippen LogP contribution in [0.15, 0.2) is 66.7 Å². The highest BCUT2D eigenvalue weighted by molar-refractivity contribution is 5.79.